The summed E-state index contributed by atoms with van der Waals surface area (Å²) in [6.45, 7) is 3.87. The van der Waals surface area contributed by atoms with Crippen LogP contribution in [0.3, 0.4) is 0 Å². The molecule has 0 saturated carbocycles. The van der Waals surface area contributed by atoms with Gasteiger partial charge in [0, 0.05) is 24.9 Å². The fraction of sp³-hybridized carbons (Fsp3) is 0.161. The summed E-state index contributed by atoms with van der Waals surface area (Å²) >= 11 is 13.4. The van der Waals surface area contributed by atoms with E-state index in [4.69, 9.17) is 37.7 Å². The SMILES string of the molecule is C=CC(=O)N(C)c1ccccc1Nc1ncc2c(n1)N(Cc1ccccc1)C(=O)N(c1c(Cl)c(OC)cc(OC)c1Cl)C2. The first kappa shape index (κ1) is 29.7. The van der Waals surface area contributed by atoms with Crippen LogP contribution in [0.4, 0.5) is 33.6 Å². The molecule has 43 heavy (non-hydrogen) atoms. The minimum Gasteiger partial charge on any atom is -0.495 e. The number of nitrogens with one attached hydrogen (secondary N) is 1. The second-order valence-electron chi connectivity index (χ2n) is 9.48. The van der Waals surface area contributed by atoms with E-state index in [0.717, 1.165) is 5.56 Å². The maximum atomic E-state index is 14.2. The molecule has 2 heterocycles. The number of amides is 3. The molecule has 5 rings (SSSR count). The van der Waals surface area contributed by atoms with Crippen LogP contribution in [-0.2, 0) is 17.9 Å². The van der Waals surface area contributed by atoms with Gasteiger partial charge in [0.05, 0.1) is 44.4 Å². The zero-order valence-electron chi connectivity index (χ0n) is 23.7. The van der Waals surface area contributed by atoms with Crippen LogP contribution in [0.2, 0.25) is 10.0 Å². The van der Waals surface area contributed by atoms with Gasteiger partial charge in [-0.2, -0.15) is 4.98 Å². The van der Waals surface area contributed by atoms with E-state index in [1.54, 1.807) is 36.3 Å². The average Bonchev–Trinajstić information content (AvgIpc) is 3.03. The van der Waals surface area contributed by atoms with E-state index in [9.17, 15) is 9.59 Å². The summed E-state index contributed by atoms with van der Waals surface area (Å²) in [7, 11) is 4.59. The highest BCUT2D eigenvalue weighted by atomic mass is 35.5. The molecule has 0 bridgehead atoms. The first-order valence-electron chi connectivity index (χ1n) is 13.1. The van der Waals surface area contributed by atoms with E-state index in [0.29, 0.717) is 34.3 Å². The standard InChI is InChI=1S/C31H28Cl2N6O4/c1-5-25(40)37(2)22-14-10-9-13-21(22)35-30-34-16-20-18-38(28-26(32)23(42-3)15-24(43-4)27(28)33)31(41)39(29(20)36-30)17-19-11-7-6-8-12-19/h5-16H,1,17-18H2,2-4H3,(H,34,35,36). The molecule has 0 atom stereocenters. The third-order valence-corrected chi connectivity index (χ3v) is 7.64. The first-order chi connectivity index (χ1) is 20.8. The lowest BCUT2D eigenvalue weighted by atomic mass is 10.1. The number of fused-ring (bicyclic) bond motifs is 1. The number of carbonyl (C=O) groups excluding carboxylic acids is 2. The number of ether oxygens (including phenoxy) is 2. The highest BCUT2D eigenvalue weighted by Gasteiger charge is 2.36. The summed E-state index contributed by atoms with van der Waals surface area (Å²) in [6, 6.07) is 17.9. The van der Waals surface area contributed by atoms with E-state index < -0.39 is 6.03 Å². The van der Waals surface area contributed by atoms with Gasteiger partial charge in [-0.05, 0) is 23.8 Å². The molecule has 1 aliphatic rings. The number of methoxy groups -OCH3 is 2. The van der Waals surface area contributed by atoms with Crippen LogP contribution in [0.1, 0.15) is 11.1 Å². The van der Waals surface area contributed by atoms with Crippen molar-refractivity contribution in [3.8, 4) is 11.5 Å². The molecule has 4 aromatic rings. The smallest absolute Gasteiger partial charge is 0.330 e. The average molecular weight is 620 g/mol. The van der Waals surface area contributed by atoms with Crippen molar-refractivity contribution >= 4 is 64.0 Å². The topological polar surface area (TPSA) is 100 Å². The molecule has 0 radical (unpaired) electrons. The molecule has 220 valence electrons. The van der Waals surface area contributed by atoms with E-state index in [1.807, 2.05) is 42.5 Å². The maximum Gasteiger partial charge on any atom is 0.330 e. The molecule has 3 amide bonds. The van der Waals surface area contributed by atoms with Crippen molar-refractivity contribution in [1.29, 1.82) is 0 Å². The molecule has 10 nitrogen and oxygen atoms in total. The number of nitrogens with zero attached hydrogens (tertiary/aromatic N) is 5. The molecule has 0 aliphatic carbocycles. The molecule has 12 heteroatoms. The fourth-order valence-electron chi connectivity index (χ4n) is 4.72. The molecule has 1 aliphatic heterocycles. The first-order valence-corrected chi connectivity index (χ1v) is 13.9. The minimum absolute atomic E-state index is 0.0860. The number of para-hydroxylation sites is 2. The number of rotatable bonds is 9. The Bertz CT molecular complexity index is 1670. The summed E-state index contributed by atoms with van der Waals surface area (Å²) in [5.41, 5.74) is 2.99. The highest BCUT2D eigenvalue weighted by Crippen LogP contribution is 2.48. The third kappa shape index (κ3) is 5.79. The fourth-order valence-corrected chi connectivity index (χ4v) is 5.42. The zero-order chi connectivity index (χ0) is 30.7. The number of hydrogen-bond acceptors (Lipinski definition) is 7. The van der Waals surface area contributed by atoms with E-state index >= 15 is 0 Å². The Morgan fingerprint density at radius 1 is 1.07 bits per heavy atom. The van der Waals surface area contributed by atoms with Gasteiger partial charge in [-0.15, -0.1) is 0 Å². The van der Waals surface area contributed by atoms with Crippen molar-refractivity contribution in [3.05, 3.63) is 101 Å². The highest BCUT2D eigenvalue weighted by molar-refractivity contribution is 6.42. The molecule has 0 saturated heterocycles. The van der Waals surface area contributed by atoms with Gasteiger partial charge in [-0.1, -0.05) is 72.2 Å². The Hall–Kier alpha value is -4.80. The van der Waals surface area contributed by atoms with Crippen molar-refractivity contribution in [1.82, 2.24) is 9.97 Å². The van der Waals surface area contributed by atoms with Gasteiger partial charge in [0.15, 0.2) is 0 Å². The molecule has 1 N–H and O–H groups in total. The van der Waals surface area contributed by atoms with Crippen LogP contribution in [0.25, 0.3) is 0 Å². The van der Waals surface area contributed by atoms with Crippen LogP contribution in [0, 0.1) is 0 Å². The van der Waals surface area contributed by atoms with Gasteiger partial charge < -0.3 is 19.7 Å². The maximum absolute atomic E-state index is 14.2. The van der Waals surface area contributed by atoms with Gasteiger partial charge in [0.25, 0.3) is 0 Å². The van der Waals surface area contributed by atoms with Crippen molar-refractivity contribution < 1.29 is 19.1 Å². The van der Waals surface area contributed by atoms with Crippen LogP contribution in [-0.4, -0.2) is 43.2 Å². The Kier molecular flexibility index (Phi) is 8.70. The Balaban J connectivity index is 1.59. The van der Waals surface area contributed by atoms with E-state index in [1.165, 1.54) is 30.1 Å². The number of halogens is 2. The van der Waals surface area contributed by atoms with Crippen molar-refractivity contribution in [2.75, 3.05) is 41.3 Å². The summed E-state index contributed by atoms with van der Waals surface area (Å²) in [5.74, 6) is 0.995. The predicted molar refractivity (Wildman–Crippen MR) is 169 cm³/mol. The largest absolute Gasteiger partial charge is 0.495 e. The molecule has 1 aromatic heterocycles. The van der Waals surface area contributed by atoms with Crippen LogP contribution in [0.15, 0.2) is 79.5 Å². The lowest BCUT2D eigenvalue weighted by Gasteiger charge is -2.37. The lowest BCUT2D eigenvalue weighted by Crippen LogP contribution is -2.47. The zero-order valence-corrected chi connectivity index (χ0v) is 25.2. The number of urea groups is 1. The van der Waals surface area contributed by atoms with Crippen LogP contribution < -0.4 is 29.5 Å². The van der Waals surface area contributed by atoms with Gasteiger partial charge >= 0.3 is 6.03 Å². The monoisotopic (exact) mass is 618 g/mol. The quantitative estimate of drug-likeness (QED) is 0.205. The second-order valence-corrected chi connectivity index (χ2v) is 10.2. The van der Waals surface area contributed by atoms with Crippen LogP contribution in [0.5, 0.6) is 11.5 Å². The number of anilines is 5. The Morgan fingerprint density at radius 3 is 2.37 bits per heavy atom. The molecular formula is C31H28Cl2N6O4. The number of aromatic nitrogens is 2. The Labute approximate surface area is 259 Å². The summed E-state index contributed by atoms with van der Waals surface area (Å²) in [6.07, 6.45) is 2.88. The molecular weight excluding hydrogens is 591 g/mol. The van der Waals surface area contributed by atoms with Gasteiger partial charge in [-0.3, -0.25) is 14.6 Å². The molecule has 0 spiro atoms. The molecule has 3 aromatic carbocycles. The number of hydrogen-bond donors (Lipinski definition) is 1. The number of likely N-dealkylation sites (N-methyl/N-ethyl adjacent to an activating group) is 1. The van der Waals surface area contributed by atoms with Crippen molar-refractivity contribution in [2.24, 2.45) is 0 Å². The summed E-state index contributed by atoms with van der Waals surface area (Å²) in [5, 5.41) is 3.53. The number of benzene rings is 3. The van der Waals surface area contributed by atoms with Gasteiger partial charge in [0.1, 0.15) is 27.4 Å². The molecule has 0 unspecified atom stereocenters. The minimum atomic E-state index is -0.406. The second kappa shape index (κ2) is 12.6. The lowest BCUT2D eigenvalue weighted by molar-refractivity contribution is -0.113. The third-order valence-electron chi connectivity index (χ3n) is 6.91. The molecule has 0 fully saturated rings. The van der Waals surface area contributed by atoms with Gasteiger partial charge in [0.2, 0.25) is 11.9 Å². The van der Waals surface area contributed by atoms with Crippen LogP contribution >= 0.6 is 23.2 Å². The van der Waals surface area contributed by atoms with Crippen molar-refractivity contribution in [3.63, 3.8) is 0 Å². The van der Waals surface area contributed by atoms with Crippen molar-refractivity contribution in [2.45, 2.75) is 13.1 Å². The summed E-state index contributed by atoms with van der Waals surface area (Å²) in [4.78, 5) is 40.3. The normalized spacial score (nSPS) is 12.4. The summed E-state index contributed by atoms with van der Waals surface area (Å²) < 4.78 is 10.9. The Morgan fingerprint density at radius 2 is 1.72 bits per heavy atom. The predicted octanol–water partition coefficient (Wildman–Crippen LogP) is 6.84. The van der Waals surface area contributed by atoms with E-state index in [-0.39, 0.29) is 40.7 Å². The van der Waals surface area contributed by atoms with E-state index in [2.05, 4.69) is 16.9 Å². The number of carbonyl (C=O) groups is 2. The van der Waals surface area contributed by atoms with Gasteiger partial charge in [-0.25, -0.2) is 9.78 Å².